The van der Waals surface area contributed by atoms with Crippen LogP contribution in [0.2, 0.25) is 0 Å². The summed E-state index contributed by atoms with van der Waals surface area (Å²) in [7, 11) is 0. The molecule has 1 aromatic rings. The molecule has 0 saturated heterocycles. The zero-order chi connectivity index (χ0) is 10.9. The lowest BCUT2D eigenvalue weighted by molar-refractivity contribution is 0.421. The first-order chi connectivity index (χ1) is 6.50. The van der Waals surface area contributed by atoms with Crippen molar-refractivity contribution in [3.8, 4) is 0 Å². The van der Waals surface area contributed by atoms with Gasteiger partial charge in [0.25, 0.3) is 0 Å². The van der Waals surface area contributed by atoms with E-state index < -0.39 is 33.7 Å². The monoisotopic (exact) mass is 223 g/mol. The average Bonchev–Trinajstić information content (AvgIpc) is 2.19. The molecule has 0 atom stereocenters. The van der Waals surface area contributed by atoms with Gasteiger partial charge in [-0.2, -0.15) is 0 Å². The van der Waals surface area contributed by atoms with Gasteiger partial charge in [-0.05, 0) is 12.7 Å². The Labute approximate surface area is 83.3 Å². The van der Waals surface area contributed by atoms with E-state index in [0.29, 0.717) is 17.5 Å². The van der Waals surface area contributed by atoms with Gasteiger partial charge in [-0.25, -0.2) is 17.6 Å². The Morgan fingerprint density at radius 2 is 1.43 bits per heavy atom. The van der Waals surface area contributed by atoms with Crippen molar-refractivity contribution in [3.05, 3.63) is 35.8 Å². The maximum atomic E-state index is 13.0. The standard InChI is InChI=1S/C9H7F4S/c1-3-14-9-7(12)5(10)4(2)6(11)8(9)13/h2-3H2,1H3. The average molecular weight is 223 g/mol. The second-order valence-corrected chi connectivity index (χ2v) is 3.77. The summed E-state index contributed by atoms with van der Waals surface area (Å²) in [5.74, 6) is -5.29. The molecule has 0 aliphatic carbocycles. The van der Waals surface area contributed by atoms with Crippen molar-refractivity contribution in [2.75, 3.05) is 5.75 Å². The fourth-order valence-corrected chi connectivity index (χ4v) is 1.65. The second-order valence-electron chi connectivity index (χ2n) is 2.50. The van der Waals surface area contributed by atoms with Crippen molar-refractivity contribution >= 4 is 11.8 Å². The summed E-state index contributed by atoms with van der Waals surface area (Å²) in [6.07, 6.45) is 0. The molecule has 0 fully saturated rings. The highest BCUT2D eigenvalue weighted by molar-refractivity contribution is 7.99. The molecular weight excluding hydrogens is 216 g/mol. The molecule has 0 aromatic heterocycles. The summed E-state index contributed by atoms with van der Waals surface area (Å²) < 4.78 is 51.9. The van der Waals surface area contributed by atoms with E-state index in [1.54, 1.807) is 6.92 Å². The van der Waals surface area contributed by atoms with E-state index in [9.17, 15) is 17.6 Å². The van der Waals surface area contributed by atoms with Crippen LogP contribution in [0.5, 0.6) is 0 Å². The third-order valence-corrected chi connectivity index (χ3v) is 2.54. The van der Waals surface area contributed by atoms with E-state index >= 15 is 0 Å². The van der Waals surface area contributed by atoms with E-state index in [1.165, 1.54) is 0 Å². The summed E-state index contributed by atoms with van der Waals surface area (Å²) >= 11 is 0.708. The molecule has 0 aliphatic heterocycles. The van der Waals surface area contributed by atoms with Gasteiger partial charge in [0.2, 0.25) is 0 Å². The van der Waals surface area contributed by atoms with Gasteiger partial charge in [0.05, 0.1) is 4.90 Å². The first-order valence-corrected chi connectivity index (χ1v) is 4.79. The predicted molar refractivity (Wildman–Crippen MR) is 47.1 cm³/mol. The van der Waals surface area contributed by atoms with Gasteiger partial charge in [0.1, 0.15) is 0 Å². The first-order valence-electron chi connectivity index (χ1n) is 3.81. The highest BCUT2D eigenvalue weighted by Crippen LogP contribution is 2.30. The first kappa shape index (κ1) is 11.4. The zero-order valence-corrected chi connectivity index (χ0v) is 8.15. The predicted octanol–water partition coefficient (Wildman–Crippen LogP) is 3.54. The number of rotatable bonds is 2. The Bertz CT molecular complexity index is 333. The molecule has 5 heteroatoms. The third-order valence-electron chi connectivity index (χ3n) is 1.60. The largest absolute Gasteiger partial charge is 0.203 e. The van der Waals surface area contributed by atoms with E-state index in [0.717, 1.165) is 0 Å². The number of halogens is 4. The van der Waals surface area contributed by atoms with Gasteiger partial charge in [-0.3, -0.25) is 0 Å². The van der Waals surface area contributed by atoms with Crippen molar-refractivity contribution in [3.63, 3.8) is 0 Å². The molecule has 0 nitrogen and oxygen atoms in total. The van der Waals surface area contributed by atoms with E-state index in [4.69, 9.17) is 0 Å². The molecule has 0 aliphatic rings. The van der Waals surface area contributed by atoms with E-state index in [-0.39, 0.29) is 0 Å². The van der Waals surface area contributed by atoms with Crippen LogP contribution in [0.15, 0.2) is 4.90 Å². The minimum atomic E-state index is -1.43. The molecule has 14 heavy (non-hydrogen) atoms. The molecular formula is C9H7F4S. The van der Waals surface area contributed by atoms with Crippen molar-refractivity contribution in [1.82, 2.24) is 0 Å². The molecule has 0 saturated carbocycles. The van der Waals surface area contributed by atoms with E-state index in [2.05, 4.69) is 6.92 Å². The van der Waals surface area contributed by atoms with Crippen LogP contribution in [0, 0.1) is 30.2 Å². The Hall–Kier alpha value is -0.710. The molecule has 1 radical (unpaired) electrons. The summed E-state index contributed by atoms with van der Waals surface area (Å²) in [5, 5.41) is 0. The van der Waals surface area contributed by atoms with Crippen molar-refractivity contribution in [2.24, 2.45) is 0 Å². The number of hydrogen-bond donors (Lipinski definition) is 0. The lowest BCUT2D eigenvalue weighted by Gasteiger charge is -2.07. The van der Waals surface area contributed by atoms with Gasteiger partial charge in [0.15, 0.2) is 23.3 Å². The van der Waals surface area contributed by atoms with E-state index in [1.807, 2.05) is 0 Å². The normalized spacial score (nSPS) is 10.7. The number of hydrogen-bond acceptors (Lipinski definition) is 1. The molecule has 0 unspecified atom stereocenters. The number of thioether (sulfide) groups is 1. The van der Waals surface area contributed by atoms with Crippen molar-refractivity contribution < 1.29 is 17.6 Å². The van der Waals surface area contributed by atoms with Crippen LogP contribution >= 0.6 is 11.8 Å². The smallest absolute Gasteiger partial charge is 0.175 e. The quantitative estimate of drug-likeness (QED) is 0.420. The minimum absolute atomic E-state index is 0.323. The molecule has 0 N–H and O–H groups in total. The SMILES string of the molecule is [CH2]c1c(F)c(F)c(SCC)c(F)c1F. The molecule has 1 aromatic carbocycles. The lowest BCUT2D eigenvalue weighted by atomic mass is 10.2. The molecule has 0 heterocycles. The maximum Gasteiger partial charge on any atom is 0.175 e. The Morgan fingerprint density at radius 1 is 1.00 bits per heavy atom. The third kappa shape index (κ3) is 1.73. The molecule has 1 rings (SSSR count). The van der Waals surface area contributed by atoms with Crippen LogP contribution in [0.1, 0.15) is 12.5 Å². The van der Waals surface area contributed by atoms with Crippen LogP contribution in [0.3, 0.4) is 0 Å². The van der Waals surface area contributed by atoms with Gasteiger partial charge >= 0.3 is 0 Å². The molecule has 0 amide bonds. The highest BCUT2D eigenvalue weighted by atomic mass is 32.2. The molecule has 0 bridgehead atoms. The summed E-state index contributed by atoms with van der Waals surface area (Å²) in [5.41, 5.74) is -0.875. The summed E-state index contributed by atoms with van der Waals surface area (Å²) in [6.45, 7) is 4.53. The Morgan fingerprint density at radius 3 is 1.79 bits per heavy atom. The number of benzene rings is 1. The van der Waals surface area contributed by atoms with Crippen LogP contribution in [0.4, 0.5) is 17.6 Å². The van der Waals surface area contributed by atoms with Crippen LogP contribution in [0.25, 0.3) is 0 Å². The minimum Gasteiger partial charge on any atom is -0.203 e. The van der Waals surface area contributed by atoms with Gasteiger partial charge in [-0.1, -0.05) is 6.92 Å². The Balaban J connectivity index is 3.43. The van der Waals surface area contributed by atoms with Crippen LogP contribution in [-0.2, 0) is 0 Å². The van der Waals surface area contributed by atoms with Gasteiger partial charge in [0, 0.05) is 5.56 Å². The summed E-state index contributed by atoms with van der Waals surface area (Å²) in [4.78, 5) is -0.630. The van der Waals surface area contributed by atoms with Gasteiger partial charge < -0.3 is 0 Å². The van der Waals surface area contributed by atoms with Crippen LogP contribution in [-0.4, -0.2) is 5.75 Å². The van der Waals surface area contributed by atoms with Crippen molar-refractivity contribution in [2.45, 2.75) is 11.8 Å². The summed E-state index contributed by atoms with van der Waals surface area (Å²) in [6, 6.07) is 0. The van der Waals surface area contributed by atoms with Gasteiger partial charge in [-0.15, -0.1) is 11.8 Å². The Kier molecular flexibility index (Phi) is 3.42. The lowest BCUT2D eigenvalue weighted by Crippen LogP contribution is -2.02. The topological polar surface area (TPSA) is 0 Å². The van der Waals surface area contributed by atoms with Crippen LogP contribution < -0.4 is 0 Å². The highest BCUT2D eigenvalue weighted by Gasteiger charge is 2.22. The fourth-order valence-electron chi connectivity index (χ4n) is 0.928. The fraction of sp³-hybridized carbons (Fsp3) is 0.222. The zero-order valence-electron chi connectivity index (χ0n) is 7.33. The second kappa shape index (κ2) is 4.21. The van der Waals surface area contributed by atoms with Crippen molar-refractivity contribution in [1.29, 1.82) is 0 Å². The maximum absolute atomic E-state index is 13.0. The molecule has 77 valence electrons. The molecule has 0 spiro atoms.